The van der Waals surface area contributed by atoms with Crippen LogP contribution in [0.25, 0.3) is 0 Å². The van der Waals surface area contributed by atoms with E-state index in [1.807, 2.05) is 6.07 Å². The first-order valence-corrected chi connectivity index (χ1v) is 6.41. The Morgan fingerprint density at radius 2 is 2.22 bits per heavy atom. The summed E-state index contributed by atoms with van der Waals surface area (Å²) in [7, 11) is 4.13. The Labute approximate surface area is 112 Å². The van der Waals surface area contributed by atoms with Gasteiger partial charge in [-0.25, -0.2) is 4.39 Å². The van der Waals surface area contributed by atoms with Crippen molar-refractivity contribution in [2.24, 2.45) is 5.73 Å². The highest BCUT2D eigenvalue weighted by molar-refractivity contribution is 7.80. The van der Waals surface area contributed by atoms with Crippen LogP contribution in [0.2, 0.25) is 0 Å². The third-order valence-electron chi connectivity index (χ3n) is 3.47. The average molecular weight is 267 g/mol. The number of rotatable bonds is 3. The molecule has 2 rings (SSSR count). The zero-order valence-corrected chi connectivity index (χ0v) is 11.5. The highest BCUT2D eigenvalue weighted by Crippen LogP contribution is 2.27. The summed E-state index contributed by atoms with van der Waals surface area (Å²) in [4.78, 5) is 4.47. The lowest BCUT2D eigenvalue weighted by Gasteiger charge is -2.24. The van der Waals surface area contributed by atoms with Gasteiger partial charge in [-0.2, -0.15) is 0 Å². The summed E-state index contributed by atoms with van der Waals surface area (Å²) < 4.78 is 13.8. The molecule has 0 aliphatic carbocycles. The summed E-state index contributed by atoms with van der Waals surface area (Å²) in [6.07, 6.45) is 1.07. The fourth-order valence-electron chi connectivity index (χ4n) is 2.40. The van der Waals surface area contributed by atoms with Crippen molar-refractivity contribution in [1.29, 1.82) is 0 Å². The van der Waals surface area contributed by atoms with E-state index in [1.54, 1.807) is 6.07 Å². The minimum Gasteiger partial charge on any atom is -0.389 e. The van der Waals surface area contributed by atoms with Crippen molar-refractivity contribution in [2.45, 2.75) is 12.5 Å². The number of hydrogen-bond donors (Lipinski definition) is 1. The number of hydrogen-bond acceptors (Lipinski definition) is 3. The zero-order valence-electron chi connectivity index (χ0n) is 10.7. The van der Waals surface area contributed by atoms with Gasteiger partial charge < -0.3 is 15.5 Å². The van der Waals surface area contributed by atoms with E-state index >= 15 is 0 Å². The number of thiocarbonyl (C=S) groups is 1. The van der Waals surface area contributed by atoms with Gasteiger partial charge in [0, 0.05) is 24.8 Å². The maximum Gasteiger partial charge on any atom is 0.135 e. The van der Waals surface area contributed by atoms with E-state index in [2.05, 4.69) is 23.9 Å². The number of anilines is 1. The van der Waals surface area contributed by atoms with Crippen LogP contribution in [0.3, 0.4) is 0 Å². The quantitative estimate of drug-likeness (QED) is 0.843. The average Bonchev–Trinajstić information content (AvgIpc) is 2.77. The molecule has 1 saturated heterocycles. The standard InChI is InChI=1S/C13H18FN3S/c1-16(2)9-6-7-17(8-9)11-5-3-4-10(14)12(11)13(15)18/h3-5,9H,6-8H2,1-2H3,(H2,15,18). The van der Waals surface area contributed by atoms with Crippen LogP contribution in [0.5, 0.6) is 0 Å². The van der Waals surface area contributed by atoms with Gasteiger partial charge in [0.15, 0.2) is 0 Å². The van der Waals surface area contributed by atoms with Crippen molar-refractivity contribution in [1.82, 2.24) is 4.90 Å². The summed E-state index contributed by atoms with van der Waals surface area (Å²) >= 11 is 4.95. The molecule has 0 spiro atoms. The van der Waals surface area contributed by atoms with Gasteiger partial charge in [0.2, 0.25) is 0 Å². The summed E-state index contributed by atoms with van der Waals surface area (Å²) in [6.45, 7) is 1.79. The van der Waals surface area contributed by atoms with E-state index in [4.69, 9.17) is 18.0 Å². The fourth-order valence-corrected chi connectivity index (χ4v) is 2.60. The molecule has 0 saturated carbocycles. The van der Waals surface area contributed by atoms with Crippen molar-refractivity contribution < 1.29 is 4.39 Å². The first kappa shape index (κ1) is 13.2. The second-order valence-corrected chi connectivity index (χ2v) is 5.29. The minimum absolute atomic E-state index is 0.122. The third-order valence-corrected chi connectivity index (χ3v) is 3.68. The van der Waals surface area contributed by atoms with Crippen LogP contribution in [0.15, 0.2) is 18.2 Å². The second kappa shape index (κ2) is 5.20. The van der Waals surface area contributed by atoms with E-state index in [0.717, 1.165) is 25.2 Å². The van der Waals surface area contributed by atoms with Gasteiger partial charge in [-0.15, -0.1) is 0 Å². The zero-order chi connectivity index (χ0) is 13.3. The van der Waals surface area contributed by atoms with Gasteiger partial charge in [-0.1, -0.05) is 18.3 Å². The molecule has 0 amide bonds. The van der Waals surface area contributed by atoms with Gasteiger partial charge >= 0.3 is 0 Å². The first-order valence-electron chi connectivity index (χ1n) is 6.00. The van der Waals surface area contributed by atoms with Crippen molar-refractivity contribution in [2.75, 3.05) is 32.1 Å². The van der Waals surface area contributed by atoms with Crippen LogP contribution < -0.4 is 10.6 Å². The monoisotopic (exact) mass is 267 g/mol. The summed E-state index contributed by atoms with van der Waals surface area (Å²) in [5.41, 5.74) is 6.81. The molecule has 0 aromatic heterocycles. The molecule has 3 nitrogen and oxygen atoms in total. The summed E-state index contributed by atoms with van der Waals surface area (Å²) in [6, 6.07) is 5.48. The molecule has 1 unspecified atom stereocenters. The predicted molar refractivity (Wildman–Crippen MR) is 76.6 cm³/mol. The summed E-state index contributed by atoms with van der Waals surface area (Å²) in [5.74, 6) is -0.340. The maximum absolute atomic E-state index is 13.8. The van der Waals surface area contributed by atoms with E-state index in [1.165, 1.54) is 6.07 Å². The van der Waals surface area contributed by atoms with Crippen LogP contribution in [0, 0.1) is 5.82 Å². The number of benzene rings is 1. The lowest BCUT2D eigenvalue weighted by molar-refractivity contribution is 0.315. The van der Waals surface area contributed by atoms with Crippen LogP contribution >= 0.6 is 12.2 Å². The van der Waals surface area contributed by atoms with Crippen molar-refractivity contribution >= 4 is 22.9 Å². The van der Waals surface area contributed by atoms with Gasteiger partial charge in [-0.05, 0) is 32.6 Å². The van der Waals surface area contributed by atoms with Gasteiger partial charge in [0.05, 0.1) is 5.56 Å². The molecular weight excluding hydrogens is 249 g/mol. The lowest BCUT2D eigenvalue weighted by Crippen LogP contribution is -2.32. The lowest BCUT2D eigenvalue weighted by atomic mass is 10.1. The smallest absolute Gasteiger partial charge is 0.135 e. The first-order chi connectivity index (χ1) is 8.50. The van der Waals surface area contributed by atoms with Crippen LogP contribution in [0.1, 0.15) is 12.0 Å². The number of likely N-dealkylation sites (N-methyl/N-ethyl adjacent to an activating group) is 1. The van der Waals surface area contributed by atoms with Gasteiger partial charge in [0.1, 0.15) is 10.8 Å². The molecule has 2 N–H and O–H groups in total. The molecule has 1 aliphatic rings. The van der Waals surface area contributed by atoms with Crippen LogP contribution in [-0.4, -0.2) is 43.1 Å². The molecule has 1 heterocycles. The molecule has 0 bridgehead atoms. The van der Waals surface area contributed by atoms with Gasteiger partial charge in [-0.3, -0.25) is 0 Å². The Bertz CT molecular complexity index is 462. The van der Waals surface area contributed by atoms with E-state index in [9.17, 15) is 4.39 Å². The molecule has 1 aromatic carbocycles. The van der Waals surface area contributed by atoms with Gasteiger partial charge in [0.25, 0.3) is 0 Å². The predicted octanol–water partition coefficient (Wildman–Crippen LogP) is 1.60. The minimum atomic E-state index is -0.340. The van der Waals surface area contributed by atoms with Crippen molar-refractivity contribution in [3.63, 3.8) is 0 Å². The summed E-state index contributed by atoms with van der Waals surface area (Å²) in [5, 5.41) is 0. The topological polar surface area (TPSA) is 32.5 Å². The third kappa shape index (κ3) is 2.47. The molecule has 18 heavy (non-hydrogen) atoms. The molecule has 0 radical (unpaired) electrons. The SMILES string of the molecule is CN(C)C1CCN(c2cccc(F)c2C(N)=S)C1. The Morgan fingerprint density at radius 3 is 2.78 bits per heavy atom. The van der Waals surface area contributed by atoms with E-state index in [-0.39, 0.29) is 10.8 Å². The molecule has 1 aliphatic heterocycles. The largest absolute Gasteiger partial charge is 0.389 e. The molecule has 5 heteroatoms. The Hall–Kier alpha value is -1.20. The highest BCUT2D eigenvalue weighted by atomic mass is 32.1. The van der Waals surface area contributed by atoms with Crippen LogP contribution in [0.4, 0.5) is 10.1 Å². The molecule has 1 fully saturated rings. The number of halogens is 1. The molecule has 1 aromatic rings. The Kier molecular flexibility index (Phi) is 3.82. The Balaban J connectivity index is 2.30. The normalized spacial score (nSPS) is 19.6. The van der Waals surface area contributed by atoms with Crippen molar-refractivity contribution in [3.8, 4) is 0 Å². The van der Waals surface area contributed by atoms with Crippen LogP contribution in [-0.2, 0) is 0 Å². The van der Waals surface area contributed by atoms with Crippen molar-refractivity contribution in [3.05, 3.63) is 29.6 Å². The maximum atomic E-state index is 13.8. The van der Waals surface area contributed by atoms with E-state index in [0.29, 0.717) is 11.6 Å². The molecule has 1 atom stereocenters. The highest BCUT2D eigenvalue weighted by Gasteiger charge is 2.26. The number of nitrogens with two attached hydrogens (primary N) is 1. The molecular formula is C13H18FN3S. The fraction of sp³-hybridized carbons (Fsp3) is 0.462. The Morgan fingerprint density at radius 1 is 1.50 bits per heavy atom. The molecule has 98 valence electrons. The second-order valence-electron chi connectivity index (χ2n) is 4.85. The van der Waals surface area contributed by atoms with E-state index < -0.39 is 0 Å². The number of nitrogens with zero attached hydrogens (tertiary/aromatic N) is 2.